The van der Waals surface area contributed by atoms with Gasteiger partial charge < -0.3 is 19.8 Å². The van der Waals surface area contributed by atoms with Gasteiger partial charge in [-0.15, -0.1) is 0 Å². The fraction of sp³-hybridized carbons (Fsp3) is 0.0256. The summed E-state index contributed by atoms with van der Waals surface area (Å²) in [7, 11) is 0. The Balaban J connectivity index is 1.34. The number of hydrogen-bond acceptors (Lipinski definition) is 8. The number of hydrogen-bond donors (Lipinski definition) is 3. The standard InChI is InChI=1S/C39H24N8O2/c48-20-21-16-18-22(19-17-21)49-30-15-7-14-29-31(30)39-46-37-28-13-6-5-12-27(28)35(44-37)42-33-24-9-2-1-8-23(24)32(40-33)41-34-25-10-3-4-11-26(25)36(43-34)45-38(29)47-39/h1-19,48H,20H2,(H2,40,41,42,43,44,45,46,47). The molecule has 8 aromatic rings. The number of benzene rings is 5. The maximum Gasteiger partial charge on any atom is 0.164 e. The second-order valence-electron chi connectivity index (χ2n) is 11.8. The van der Waals surface area contributed by atoms with E-state index in [1.807, 2.05) is 115 Å². The Kier molecular flexibility index (Phi) is 5.93. The zero-order chi connectivity index (χ0) is 32.5. The summed E-state index contributed by atoms with van der Waals surface area (Å²) < 4.78 is 6.45. The third-order valence-corrected chi connectivity index (χ3v) is 8.87. The molecule has 0 amide bonds. The summed E-state index contributed by atoms with van der Waals surface area (Å²) >= 11 is 0. The van der Waals surface area contributed by atoms with E-state index in [1.165, 1.54) is 0 Å². The lowest BCUT2D eigenvalue weighted by Crippen LogP contribution is -1.87. The van der Waals surface area contributed by atoms with E-state index in [2.05, 4.69) is 9.97 Å². The molecule has 0 fully saturated rings. The fourth-order valence-corrected chi connectivity index (χ4v) is 6.53. The van der Waals surface area contributed by atoms with Gasteiger partial charge in [0.1, 0.15) is 34.1 Å². The van der Waals surface area contributed by atoms with Gasteiger partial charge in [0.25, 0.3) is 0 Å². The predicted octanol–water partition coefficient (Wildman–Crippen LogP) is 8.15. The van der Waals surface area contributed by atoms with Gasteiger partial charge >= 0.3 is 0 Å². The molecule has 5 heterocycles. The first-order valence-electron chi connectivity index (χ1n) is 15.8. The van der Waals surface area contributed by atoms with Gasteiger partial charge in [-0.05, 0) is 23.8 Å². The third kappa shape index (κ3) is 4.39. The summed E-state index contributed by atoms with van der Waals surface area (Å²) in [6, 6.07) is 37.1. The minimum absolute atomic E-state index is 0.0431. The van der Waals surface area contributed by atoms with Gasteiger partial charge in [-0.2, -0.15) is 0 Å². The maximum atomic E-state index is 9.54. The minimum Gasteiger partial charge on any atom is -0.457 e. The van der Waals surface area contributed by atoms with Gasteiger partial charge in [0, 0.05) is 38.4 Å². The predicted molar refractivity (Wildman–Crippen MR) is 188 cm³/mol. The second kappa shape index (κ2) is 10.6. The molecule has 0 saturated heterocycles. The van der Waals surface area contributed by atoms with Crippen LogP contribution in [0, 0.1) is 0 Å². The number of H-pyrrole nitrogens is 2. The van der Waals surface area contributed by atoms with Crippen LogP contribution in [-0.4, -0.2) is 45.0 Å². The van der Waals surface area contributed by atoms with E-state index in [0.29, 0.717) is 57.4 Å². The van der Waals surface area contributed by atoms with E-state index < -0.39 is 0 Å². The van der Waals surface area contributed by atoms with E-state index in [4.69, 9.17) is 34.6 Å². The summed E-state index contributed by atoms with van der Waals surface area (Å²) in [6.07, 6.45) is 0. The molecule has 3 N–H and O–H groups in total. The highest BCUT2D eigenvalue weighted by molar-refractivity contribution is 6.10. The SMILES string of the molecule is OCc1ccc(Oc2cccc3c4nc5nc(nc6nc(nc7[nH]c(nc([nH]4)c23)c2ccccc72)-c2ccccc2-6)-c2ccccc2-5)cc1. The molecule has 8 bridgehead atoms. The molecule has 2 aliphatic rings. The zero-order valence-electron chi connectivity index (χ0n) is 25.7. The largest absolute Gasteiger partial charge is 0.457 e. The van der Waals surface area contributed by atoms with Crippen LogP contribution in [0.2, 0.25) is 0 Å². The molecule has 0 aliphatic carbocycles. The number of aliphatic hydroxyl groups is 1. The molecule has 0 saturated carbocycles. The minimum atomic E-state index is -0.0431. The van der Waals surface area contributed by atoms with Crippen molar-refractivity contribution in [2.24, 2.45) is 0 Å². The molecule has 2 aliphatic heterocycles. The lowest BCUT2D eigenvalue weighted by atomic mass is 10.1. The van der Waals surface area contributed by atoms with Crippen LogP contribution in [0.4, 0.5) is 0 Å². The summed E-state index contributed by atoms with van der Waals surface area (Å²) in [5.74, 6) is 3.37. The Hall–Kier alpha value is -6.78. The average molecular weight is 637 g/mol. The highest BCUT2D eigenvalue weighted by Crippen LogP contribution is 2.39. The summed E-state index contributed by atoms with van der Waals surface area (Å²) in [5, 5.41) is 12.9. The normalized spacial score (nSPS) is 11.9. The molecule has 0 radical (unpaired) electrons. The quantitative estimate of drug-likeness (QED) is 0.177. The molecule has 10 rings (SSSR count). The van der Waals surface area contributed by atoms with E-state index in [0.717, 1.165) is 49.4 Å². The van der Waals surface area contributed by atoms with E-state index >= 15 is 0 Å². The van der Waals surface area contributed by atoms with Crippen molar-refractivity contribution < 1.29 is 9.84 Å². The van der Waals surface area contributed by atoms with E-state index in [-0.39, 0.29) is 6.61 Å². The Morgan fingerprint density at radius 3 is 1.49 bits per heavy atom. The highest BCUT2D eigenvalue weighted by Gasteiger charge is 2.23. The first-order valence-corrected chi connectivity index (χ1v) is 15.8. The number of aliphatic hydroxyl groups excluding tert-OH is 1. The molecule has 5 aromatic carbocycles. The van der Waals surface area contributed by atoms with Crippen LogP contribution in [0.25, 0.3) is 89.7 Å². The summed E-state index contributed by atoms with van der Waals surface area (Å²) in [5.41, 5.74) is 6.70. The van der Waals surface area contributed by atoms with Crippen LogP contribution in [-0.2, 0) is 6.61 Å². The molecule has 10 heteroatoms. The van der Waals surface area contributed by atoms with E-state index in [9.17, 15) is 5.11 Å². The third-order valence-electron chi connectivity index (χ3n) is 8.87. The monoisotopic (exact) mass is 636 g/mol. The number of nitrogens with zero attached hydrogens (tertiary/aromatic N) is 6. The number of aromatic amines is 2. The Labute approximate surface area is 277 Å². The van der Waals surface area contributed by atoms with Gasteiger partial charge in [-0.25, -0.2) is 29.9 Å². The number of nitrogens with one attached hydrogen (secondary N) is 2. The first kappa shape index (κ1) is 27.3. The van der Waals surface area contributed by atoms with Crippen LogP contribution in [0.5, 0.6) is 11.5 Å². The van der Waals surface area contributed by atoms with Crippen LogP contribution in [0.1, 0.15) is 5.56 Å². The van der Waals surface area contributed by atoms with Crippen molar-refractivity contribution in [3.8, 4) is 57.1 Å². The van der Waals surface area contributed by atoms with E-state index in [1.54, 1.807) is 0 Å². The summed E-state index contributed by atoms with van der Waals surface area (Å²) in [6.45, 7) is -0.0431. The Morgan fingerprint density at radius 1 is 0.449 bits per heavy atom. The van der Waals surface area contributed by atoms with Gasteiger partial charge in [0.15, 0.2) is 23.3 Å². The van der Waals surface area contributed by atoms with Crippen LogP contribution in [0.3, 0.4) is 0 Å². The average Bonchev–Trinajstić information content (AvgIpc) is 3.88. The second-order valence-corrected chi connectivity index (χ2v) is 11.8. The molecular weight excluding hydrogens is 612 g/mol. The summed E-state index contributed by atoms with van der Waals surface area (Å²) in [4.78, 5) is 37.2. The van der Waals surface area contributed by atoms with Crippen molar-refractivity contribution in [2.75, 3.05) is 0 Å². The Morgan fingerprint density at radius 2 is 0.918 bits per heavy atom. The molecular formula is C39H24N8O2. The molecule has 232 valence electrons. The lowest BCUT2D eigenvalue weighted by Gasteiger charge is -2.07. The zero-order valence-corrected chi connectivity index (χ0v) is 25.7. The number of aromatic nitrogens is 8. The fourth-order valence-electron chi connectivity index (χ4n) is 6.53. The number of fused-ring (bicyclic) bond motifs is 20. The van der Waals surface area contributed by atoms with Gasteiger partial charge in [-0.3, -0.25) is 0 Å². The van der Waals surface area contributed by atoms with Gasteiger partial charge in [0.05, 0.1) is 12.0 Å². The highest BCUT2D eigenvalue weighted by atomic mass is 16.5. The van der Waals surface area contributed by atoms with Crippen molar-refractivity contribution in [3.63, 3.8) is 0 Å². The molecule has 10 nitrogen and oxygen atoms in total. The van der Waals surface area contributed by atoms with Gasteiger partial charge in [-0.1, -0.05) is 97.1 Å². The maximum absolute atomic E-state index is 9.54. The molecule has 0 atom stereocenters. The number of rotatable bonds is 3. The lowest BCUT2D eigenvalue weighted by molar-refractivity contribution is 0.281. The molecule has 3 aromatic heterocycles. The van der Waals surface area contributed by atoms with Gasteiger partial charge in [0.2, 0.25) is 0 Å². The van der Waals surface area contributed by atoms with Crippen LogP contribution < -0.4 is 4.74 Å². The number of ether oxygens (including phenoxy) is 1. The first-order chi connectivity index (χ1) is 24.2. The van der Waals surface area contributed by atoms with Crippen LogP contribution in [0.15, 0.2) is 115 Å². The molecule has 0 unspecified atom stereocenters. The topological polar surface area (TPSA) is 138 Å². The van der Waals surface area contributed by atoms with Crippen molar-refractivity contribution in [3.05, 3.63) is 121 Å². The van der Waals surface area contributed by atoms with Crippen molar-refractivity contribution in [1.82, 2.24) is 39.9 Å². The van der Waals surface area contributed by atoms with Crippen molar-refractivity contribution >= 4 is 44.1 Å². The smallest absolute Gasteiger partial charge is 0.164 e. The van der Waals surface area contributed by atoms with Crippen molar-refractivity contribution in [1.29, 1.82) is 0 Å². The molecule has 0 spiro atoms. The molecule has 49 heavy (non-hydrogen) atoms. The Bertz CT molecular complexity index is 2800. The van der Waals surface area contributed by atoms with Crippen molar-refractivity contribution in [2.45, 2.75) is 6.61 Å². The van der Waals surface area contributed by atoms with Crippen LogP contribution >= 0.6 is 0 Å².